The monoisotopic (exact) mass is 281 g/mol. The summed E-state index contributed by atoms with van der Waals surface area (Å²) in [5, 5.41) is 0. The lowest BCUT2D eigenvalue weighted by atomic mass is 9.96. The highest BCUT2D eigenvalue weighted by atomic mass is 19.2. The van der Waals surface area contributed by atoms with Crippen LogP contribution in [-0.2, 0) is 0 Å². The van der Waals surface area contributed by atoms with E-state index in [1.807, 2.05) is 13.0 Å². The highest BCUT2D eigenvalue weighted by molar-refractivity contribution is 5.44. The van der Waals surface area contributed by atoms with Gasteiger partial charge in [-0.3, -0.25) is 0 Å². The molecule has 5 heteroatoms. The molecule has 0 aromatic heterocycles. The van der Waals surface area contributed by atoms with Crippen LogP contribution in [0.5, 0.6) is 5.75 Å². The average Bonchev–Trinajstić information content (AvgIpc) is 2.42. The van der Waals surface area contributed by atoms with E-state index in [1.165, 1.54) is 7.11 Å². The first-order chi connectivity index (χ1) is 9.43. The number of halogens is 3. The predicted molar refractivity (Wildman–Crippen MR) is 70.1 cm³/mol. The maximum atomic E-state index is 13.8. The maximum absolute atomic E-state index is 13.8. The normalized spacial score (nSPS) is 12.3. The minimum Gasteiger partial charge on any atom is -0.496 e. The van der Waals surface area contributed by atoms with Gasteiger partial charge in [-0.2, -0.15) is 0 Å². The fraction of sp³-hybridized carbons (Fsp3) is 0.200. The Labute approximate surface area is 115 Å². The largest absolute Gasteiger partial charge is 0.496 e. The van der Waals surface area contributed by atoms with Crippen molar-refractivity contribution in [2.45, 2.75) is 13.0 Å². The first-order valence-electron chi connectivity index (χ1n) is 5.98. The zero-order chi connectivity index (χ0) is 14.9. The third-order valence-corrected chi connectivity index (χ3v) is 3.09. The van der Waals surface area contributed by atoms with Gasteiger partial charge in [-0.25, -0.2) is 13.2 Å². The van der Waals surface area contributed by atoms with E-state index in [0.29, 0.717) is 17.4 Å². The van der Waals surface area contributed by atoms with Crippen molar-refractivity contribution >= 4 is 0 Å². The van der Waals surface area contributed by atoms with Crippen LogP contribution in [-0.4, -0.2) is 7.11 Å². The molecule has 0 spiro atoms. The topological polar surface area (TPSA) is 35.2 Å². The van der Waals surface area contributed by atoms with Crippen LogP contribution in [0.25, 0.3) is 0 Å². The van der Waals surface area contributed by atoms with E-state index in [9.17, 15) is 13.2 Å². The van der Waals surface area contributed by atoms with Crippen molar-refractivity contribution in [3.05, 3.63) is 64.5 Å². The van der Waals surface area contributed by atoms with Crippen molar-refractivity contribution in [3.8, 4) is 5.75 Å². The summed E-state index contributed by atoms with van der Waals surface area (Å²) < 4.78 is 45.2. The standard InChI is InChI=1S/C15H14F3NO/c1-8-3-4-14(20-2)10(5-8)15(19)9-6-12(17)13(18)7-11(9)16/h3-7,15H,19H2,1-2H3. The van der Waals surface area contributed by atoms with Gasteiger partial charge in [0.1, 0.15) is 11.6 Å². The van der Waals surface area contributed by atoms with Crippen LogP contribution in [0.3, 0.4) is 0 Å². The Bertz CT molecular complexity index is 643. The molecule has 0 aliphatic heterocycles. The summed E-state index contributed by atoms with van der Waals surface area (Å²) in [4.78, 5) is 0. The molecule has 0 radical (unpaired) electrons. The fourth-order valence-corrected chi connectivity index (χ4v) is 2.04. The van der Waals surface area contributed by atoms with Crippen molar-refractivity contribution in [1.82, 2.24) is 0 Å². The van der Waals surface area contributed by atoms with Crippen LogP contribution < -0.4 is 10.5 Å². The molecule has 1 unspecified atom stereocenters. The van der Waals surface area contributed by atoms with Gasteiger partial charge in [-0.15, -0.1) is 0 Å². The Balaban J connectivity index is 2.54. The van der Waals surface area contributed by atoms with Crippen molar-refractivity contribution in [3.63, 3.8) is 0 Å². The van der Waals surface area contributed by atoms with Crippen LogP contribution in [0.2, 0.25) is 0 Å². The lowest BCUT2D eigenvalue weighted by molar-refractivity contribution is 0.407. The number of rotatable bonds is 3. The van der Waals surface area contributed by atoms with Gasteiger partial charge in [0.15, 0.2) is 11.6 Å². The van der Waals surface area contributed by atoms with Gasteiger partial charge >= 0.3 is 0 Å². The highest BCUT2D eigenvalue weighted by Gasteiger charge is 2.20. The second-order valence-electron chi connectivity index (χ2n) is 4.51. The summed E-state index contributed by atoms with van der Waals surface area (Å²) >= 11 is 0. The summed E-state index contributed by atoms with van der Waals surface area (Å²) in [5.41, 5.74) is 7.27. The highest BCUT2D eigenvalue weighted by Crippen LogP contribution is 2.31. The van der Waals surface area contributed by atoms with E-state index in [2.05, 4.69) is 0 Å². The van der Waals surface area contributed by atoms with E-state index in [-0.39, 0.29) is 5.56 Å². The number of ether oxygens (including phenoxy) is 1. The molecule has 2 N–H and O–H groups in total. The molecule has 0 heterocycles. The zero-order valence-electron chi connectivity index (χ0n) is 11.1. The molecule has 2 aromatic rings. The number of aryl methyl sites for hydroxylation is 1. The maximum Gasteiger partial charge on any atom is 0.161 e. The molecule has 2 nitrogen and oxygen atoms in total. The van der Waals surface area contributed by atoms with Crippen molar-refractivity contribution in [2.24, 2.45) is 5.73 Å². The molecule has 0 aliphatic carbocycles. The second-order valence-corrected chi connectivity index (χ2v) is 4.51. The summed E-state index contributed by atoms with van der Waals surface area (Å²) in [6.45, 7) is 1.84. The Kier molecular flexibility index (Phi) is 3.99. The van der Waals surface area contributed by atoms with E-state index in [1.54, 1.807) is 12.1 Å². The summed E-state index contributed by atoms with van der Waals surface area (Å²) in [6.07, 6.45) is 0. The van der Waals surface area contributed by atoms with Crippen LogP contribution in [0.4, 0.5) is 13.2 Å². The summed E-state index contributed by atoms with van der Waals surface area (Å²) in [7, 11) is 1.46. The molecule has 0 saturated carbocycles. The van der Waals surface area contributed by atoms with Crippen LogP contribution >= 0.6 is 0 Å². The Morgan fingerprint density at radius 2 is 1.60 bits per heavy atom. The fourth-order valence-electron chi connectivity index (χ4n) is 2.04. The van der Waals surface area contributed by atoms with Gasteiger partial charge in [0, 0.05) is 17.2 Å². The molecule has 0 bridgehead atoms. The quantitative estimate of drug-likeness (QED) is 0.874. The predicted octanol–water partition coefficient (Wildman–Crippen LogP) is 3.47. The van der Waals surface area contributed by atoms with E-state index < -0.39 is 23.5 Å². The first-order valence-corrected chi connectivity index (χ1v) is 5.98. The lowest BCUT2D eigenvalue weighted by Crippen LogP contribution is -2.15. The van der Waals surface area contributed by atoms with Crippen LogP contribution in [0, 0.1) is 24.4 Å². The van der Waals surface area contributed by atoms with E-state index in [0.717, 1.165) is 11.6 Å². The first kappa shape index (κ1) is 14.4. The lowest BCUT2D eigenvalue weighted by Gasteiger charge is -2.17. The smallest absolute Gasteiger partial charge is 0.161 e. The third kappa shape index (κ3) is 2.63. The van der Waals surface area contributed by atoms with Gasteiger partial charge in [0.25, 0.3) is 0 Å². The summed E-state index contributed by atoms with van der Waals surface area (Å²) in [6, 6.07) is 5.56. The van der Waals surface area contributed by atoms with E-state index in [4.69, 9.17) is 10.5 Å². The van der Waals surface area contributed by atoms with Gasteiger partial charge < -0.3 is 10.5 Å². The molecule has 1 atom stereocenters. The molecule has 0 amide bonds. The summed E-state index contributed by atoms with van der Waals surface area (Å²) in [5.74, 6) is -2.80. The van der Waals surface area contributed by atoms with E-state index >= 15 is 0 Å². The Morgan fingerprint density at radius 1 is 0.950 bits per heavy atom. The molecule has 2 aromatic carbocycles. The van der Waals surface area contributed by atoms with Crippen molar-refractivity contribution < 1.29 is 17.9 Å². The molecular weight excluding hydrogens is 267 g/mol. The minimum atomic E-state index is -1.24. The average molecular weight is 281 g/mol. The SMILES string of the molecule is COc1ccc(C)cc1C(N)c1cc(F)c(F)cc1F. The Morgan fingerprint density at radius 3 is 2.25 bits per heavy atom. The molecule has 20 heavy (non-hydrogen) atoms. The van der Waals surface area contributed by atoms with Gasteiger partial charge in [0.2, 0.25) is 0 Å². The zero-order valence-corrected chi connectivity index (χ0v) is 11.1. The van der Waals surface area contributed by atoms with Gasteiger partial charge in [-0.05, 0) is 19.1 Å². The van der Waals surface area contributed by atoms with Crippen LogP contribution in [0.1, 0.15) is 22.7 Å². The second kappa shape index (κ2) is 5.54. The van der Waals surface area contributed by atoms with Crippen molar-refractivity contribution in [2.75, 3.05) is 7.11 Å². The van der Waals surface area contributed by atoms with Gasteiger partial charge in [0.05, 0.1) is 13.2 Å². The molecule has 0 aliphatic rings. The van der Waals surface area contributed by atoms with Gasteiger partial charge in [-0.1, -0.05) is 17.7 Å². The number of nitrogens with two attached hydrogens (primary N) is 1. The molecular formula is C15H14F3NO. The number of benzene rings is 2. The van der Waals surface area contributed by atoms with Crippen molar-refractivity contribution in [1.29, 1.82) is 0 Å². The van der Waals surface area contributed by atoms with Crippen LogP contribution in [0.15, 0.2) is 30.3 Å². The molecule has 2 rings (SSSR count). The molecule has 0 fully saturated rings. The number of hydrogen-bond acceptors (Lipinski definition) is 2. The third-order valence-electron chi connectivity index (χ3n) is 3.09. The number of hydrogen-bond donors (Lipinski definition) is 1. The Hall–Kier alpha value is -2.01. The number of methoxy groups -OCH3 is 1. The molecule has 106 valence electrons. The minimum absolute atomic E-state index is 0.118. The molecule has 0 saturated heterocycles.